The SMILES string of the molecule is N/C(CCCCOc1ccc(/C(N)=N/O)cc1)=N\O. The molecule has 1 aromatic carbocycles. The van der Waals surface area contributed by atoms with E-state index in [9.17, 15) is 0 Å². The average molecular weight is 266 g/mol. The lowest BCUT2D eigenvalue weighted by Crippen LogP contribution is -2.12. The van der Waals surface area contributed by atoms with Crippen molar-refractivity contribution < 1.29 is 15.2 Å². The van der Waals surface area contributed by atoms with Gasteiger partial charge in [0.25, 0.3) is 0 Å². The van der Waals surface area contributed by atoms with Crippen LogP contribution in [0.15, 0.2) is 34.6 Å². The van der Waals surface area contributed by atoms with Gasteiger partial charge in [0, 0.05) is 12.0 Å². The second kappa shape index (κ2) is 7.80. The minimum atomic E-state index is 0.0605. The van der Waals surface area contributed by atoms with Gasteiger partial charge in [-0.05, 0) is 37.1 Å². The van der Waals surface area contributed by atoms with Crippen LogP contribution in [0, 0.1) is 0 Å². The van der Waals surface area contributed by atoms with Gasteiger partial charge in [-0.15, -0.1) is 0 Å². The van der Waals surface area contributed by atoms with Crippen LogP contribution in [0.2, 0.25) is 0 Å². The van der Waals surface area contributed by atoms with Crippen molar-refractivity contribution in [3.63, 3.8) is 0 Å². The molecule has 0 spiro atoms. The zero-order valence-electron chi connectivity index (χ0n) is 10.5. The van der Waals surface area contributed by atoms with Gasteiger partial charge in [0.15, 0.2) is 5.84 Å². The summed E-state index contributed by atoms with van der Waals surface area (Å²) in [5.74, 6) is 0.992. The molecule has 0 saturated carbocycles. The molecule has 1 aromatic rings. The van der Waals surface area contributed by atoms with Crippen LogP contribution in [0.1, 0.15) is 24.8 Å². The van der Waals surface area contributed by atoms with Gasteiger partial charge >= 0.3 is 0 Å². The molecule has 7 nitrogen and oxygen atoms in total. The van der Waals surface area contributed by atoms with E-state index in [1.807, 2.05) is 0 Å². The Bertz CT molecular complexity index is 443. The quantitative estimate of drug-likeness (QED) is 0.193. The standard InChI is InChI=1S/C12H18N4O3/c13-11(15-17)3-1-2-8-19-10-6-4-9(5-7-10)12(14)16-18/h4-7,17-18H,1-3,8H2,(H2,13,15)(H2,14,16). The molecule has 0 aliphatic heterocycles. The number of amidine groups is 2. The lowest BCUT2D eigenvalue weighted by Gasteiger charge is -2.06. The van der Waals surface area contributed by atoms with Crippen molar-refractivity contribution in [3.8, 4) is 5.75 Å². The van der Waals surface area contributed by atoms with Crippen molar-refractivity contribution in [2.24, 2.45) is 21.8 Å². The first-order valence-corrected chi connectivity index (χ1v) is 5.84. The summed E-state index contributed by atoms with van der Waals surface area (Å²) >= 11 is 0. The van der Waals surface area contributed by atoms with Crippen LogP contribution in [0.3, 0.4) is 0 Å². The number of rotatable bonds is 7. The summed E-state index contributed by atoms with van der Waals surface area (Å²) < 4.78 is 5.50. The largest absolute Gasteiger partial charge is 0.494 e. The van der Waals surface area contributed by atoms with E-state index in [4.69, 9.17) is 26.6 Å². The molecular weight excluding hydrogens is 248 g/mol. The Morgan fingerprint density at radius 1 is 1.05 bits per heavy atom. The van der Waals surface area contributed by atoms with Gasteiger partial charge in [0.1, 0.15) is 11.6 Å². The third-order valence-electron chi connectivity index (χ3n) is 2.48. The first-order chi connectivity index (χ1) is 9.17. The monoisotopic (exact) mass is 266 g/mol. The van der Waals surface area contributed by atoms with E-state index in [-0.39, 0.29) is 11.7 Å². The van der Waals surface area contributed by atoms with Crippen molar-refractivity contribution in [1.29, 1.82) is 0 Å². The Balaban J connectivity index is 2.31. The Morgan fingerprint density at radius 3 is 2.32 bits per heavy atom. The maximum atomic E-state index is 8.52. The fraction of sp³-hybridized carbons (Fsp3) is 0.333. The highest BCUT2D eigenvalue weighted by atomic mass is 16.5. The van der Waals surface area contributed by atoms with Crippen molar-refractivity contribution in [2.75, 3.05) is 6.61 Å². The molecule has 0 amide bonds. The number of unbranched alkanes of at least 4 members (excludes halogenated alkanes) is 1. The van der Waals surface area contributed by atoms with E-state index in [0.29, 0.717) is 24.3 Å². The van der Waals surface area contributed by atoms with Crippen LogP contribution < -0.4 is 16.2 Å². The summed E-state index contributed by atoms with van der Waals surface area (Å²) in [4.78, 5) is 0. The summed E-state index contributed by atoms with van der Waals surface area (Å²) in [5, 5.41) is 22.7. The fourth-order valence-electron chi connectivity index (χ4n) is 1.43. The smallest absolute Gasteiger partial charge is 0.170 e. The molecule has 0 atom stereocenters. The maximum Gasteiger partial charge on any atom is 0.170 e. The van der Waals surface area contributed by atoms with Gasteiger partial charge in [0.2, 0.25) is 0 Å². The molecule has 6 N–H and O–H groups in total. The van der Waals surface area contributed by atoms with Crippen LogP contribution in [0.5, 0.6) is 5.75 Å². The second-order valence-electron chi connectivity index (χ2n) is 3.91. The number of hydrogen-bond donors (Lipinski definition) is 4. The van der Waals surface area contributed by atoms with Crippen LogP contribution in [0.4, 0.5) is 0 Å². The molecule has 104 valence electrons. The third-order valence-corrected chi connectivity index (χ3v) is 2.48. The molecule has 0 unspecified atom stereocenters. The maximum absolute atomic E-state index is 8.52. The molecule has 0 aromatic heterocycles. The zero-order valence-corrected chi connectivity index (χ0v) is 10.5. The number of hydrogen-bond acceptors (Lipinski definition) is 5. The van der Waals surface area contributed by atoms with Crippen molar-refractivity contribution >= 4 is 11.7 Å². The normalized spacial score (nSPS) is 12.4. The summed E-state index contributed by atoms with van der Waals surface area (Å²) in [6.07, 6.45) is 2.14. The predicted molar refractivity (Wildman–Crippen MR) is 71.7 cm³/mol. The minimum absolute atomic E-state index is 0.0605. The van der Waals surface area contributed by atoms with E-state index in [1.165, 1.54) is 0 Å². The van der Waals surface area contributed by atoms with Crippen molar-refractivity contribution in [1.82, 2.24) is 0 Å². The van der Waals surface area contributed by atoms with Gasteiger partial charge in [-0.25, -0.2) is 0 Å². The lowest BCUT2D eigenvalue weighted by atomic mass is 10.2. The Hall–Kier alpha value is -2.44. The summed E-state index contributed by atoms with van der Waals surface area (Å²) in [5.41, 5.74) is 11.4. The minimum Gasteiger partial charge on any atom is -0.494 e. The first-order valence-electron chi connectivity index (χ1n) is 5.84. The second-order valence-corrected chi connectivity index (χ2v) is 3.91. The first kappa shape index (κ1) is 14.6. The number of nitrogens with zero attached hydrogens (tertiary/aromatic N) is 2. The topological polar surface area (TPSA) is 126 Å². The van der Waals surface area contributed by atoms with E-state index < -0.39 is 0 Å². The molecule has 7 heteroatoms. The van der Waals surface area contributed by atoms with Crippen LogP contribution in [-0.2, 0) is 0 Å². The van der Waals surface area contributed by atoms with Crippen LogP contribution in [0.25, 0.3) is 0 Å². The molecule has 1 rings (SSSR count). The fourth-order valence-corrected chi connectivity index (χ4v) is 1.43. The van der Waals surface area contributed by atoms with E-state index in [2.05, 4.69) is 10.3 Å². The highest BCUT2D eigenvalue weighted by molar-refractivity contribution is 5.97. The van der Waals surface area contributed by atoms with E-state index in [1.54, 1.807) is 24.3 Å². The highest BCUT2D eigenvalue weighted by Crippen LogP contribution is 2.12. The Labute approximate surface area is 111 Å². The number of benzene rings is 1. The van der Waals surface area contributed by atoms with Gasteiger partial charge < -0.3 is 26.6 Å². The summed E-state index contributed by atoms with van der Waals surface area (Å²) in [7, 11) is 0. The van der Waals surface area contributed by atoms with Crippen molar-refractivity contribution in [2.45, 2.75) is 19.3 Å². The molecule has 0 saturated heterocycles. The average Bonchev–Trinajstić information content (AvgIpc) is 2.46. The number of ether oxygens (including phenoxy) is 1. The Morgan fingerprint density at radius 2 is 1.74 bits per heavy atom. The molecule has 0 radical (unpaired) electrons. The number of nitrogens with two attached hydrogens (primary N) is 2. The highest BCUT2D eigenvalue weighted by Gasteiger charge is 2.00. The molecule has 0 heterocycles. The summed E-state index contributed by atoms with van der Waals surface area (Å²) in [6.45, 7) is 0.543. The van der Waals surface area contributed by atoms with E-state index in [0.717, 1.165) is 12.8 Å². The van der Waals surface area contributed by atoms with Crippen LogP contribution in [-0.4, -0.2) is 28.7 Å². The third kappa shape index (κ3) is 5.15. The van der Waals surface area contributed by atoms with Gasteiger partial charge in [0.05, 0.1) is 6.61 Å². The summed E-state index contributed by atoms with van der Waals surface area (Å²) in [6, 6.07) is 6.91. The molecular formula is C12H18N4O3. The molecule has 19 heavy (non-hydrogen) atoms. The molecule has 0 aliphatic rings. The lowest BCUT2D eigenvalue weighted by molar-refractivity contribution is 0.304. The molecule has 0 fully saturated rings. The molecule has 0 bridgehead atoms. The zero-order chi connectivity index (χ0) is 14.1. The van der Waals surface area contributed by atoms with E-state index >= 15 is 0 Å². The van der Waals surface area contributed by atoms with Crippen molar-refractivity contribution in [3.05, 3.63) is 29.8 Å². The van der Waals surface area contributed by atoms with Gasteiger partial charge in [-0.1, -0.05) is 10.3 Å². The van der Waals surface area contributed by atoms with Crippen LogP contribution >= 0.6 is 0 Å². The van der Waals surface area contributed by atoms with Gasteiger partial charge in [-0.2, -0.15) is 0 Å². The number of oxime groups is 2. The van der Waals surface area contributed by atoms with Gasteiger partial charge in [-0.3, -0.25) is 0 Å². The Kier molecular flexibility index (Phi) is 6.00. The predicted octanol–water partition coefficient (Wildman–Crippen LogP) is 1.08. The molecule has 0 aliphatic carbocycles.